The van der Waals surface area contributed by atoms with Crippen molar-refractivity contribution in [3.63, 3.8) is 0 Å². The molecule has 1 N–H and O–H groups in total. The second kappa shape index (κ2) is 9.25. The molecule has 0 saturated carbocycles. The molecule has 2 aromatic rings. The average Bonchev–Trinajstić information content (AvgIpc) is 3.18. The first-order chi connectivity index (χ1) is 14.3. The van der Waals surface area contributed by atoms with E-state index in [-0.39, 0.29) is 38.1 Å². The van der Waals surface area contributed by atoms with E-state index in [2.05, 4.69) is 10.3 Å². The number of pyridine rings is 1. The Balaban J connectivity index is 1.82. The van der Waals surface area contributed by atoms with Crippen LogP contribution in [0.5, 0.6) is 0 Å². The maximum absolute atomic E-state index is 13.2. The zero-order chi connectivity index (χ0) is 21.7. The van der Waals surface area contributed by atoms with Crippen LogP contribution < -0.4 is 5.32 Å². The number of hydrogen-bond donors (Lipinski definition) is 1. The molecule has 0 spiro atoms. The summed E-state index contributed by atoms with van der Waals surface area (Å²) in [4.78, 5) is 30.6. The fourth-order valence-corrected chi connectivity index (χ4v) is 3.59. The first kappa shape index (κ1) is 21.8. The van der Waals surface area contributed by atoms with Crippen LogP contribution in [0, 0.1) is 5.92 Å². The number of halogens is 3. The number of ether oxygens (including phenoxy) is 1. The van der Waals surface area contributed by atoms with E-state index in [1.165, 1.54) is 18.1 Å². The smallest absolute Gasteiger partial charge is 0.375 e. The summed E-state index contributed by atoms with van der Waals surface area (Å²) in [5, 5.41) is 2.81. The van der Waals surface area contributed by atoms with E-state index >= 15 is 0 Å². The molecule has 1 aliphatic heterocycles. The summed E-state index contributed by atoms with van der Waals surface area (Å²) in [6.07, 6.45) is -1.25. The highest BCUT2D eigenvalue weighted by atomic mass is 19.4. The quantitative estimate of drug-likeness (QED) is 0.779. The summed E-state index contributed by atoms with van der Waals surface area (Å²) in [5.41, 5.74) is 0.391. The first-order valence-electron chi connectivity index (χ1n) is 9.40. The lowest BCUT2D eigenvalue weighted by molar-refractivity contribution is -0.137. The highest BCUT2D eigenvalue weighted by Gasteiger charge is 2.41. The highest BCUT2D eigenvalue weighted by Crippen LogP contribution is 2.36. The van der Waals surface area contributed by atoms with Gasteiger partial charge in [0.05, 0.1) is 11.5 Å². The zero-order valence-corrected chi connectivity index (χ0v) is 16.4. The van der Waals surface area contributed by atoms with Gasteiger partial charge in [-0.25, -0.2) is 0 Å². The van der Waals surface area contributed by atoms with Gasteiger partial charge in [0.15, 0.2) is 0 Å². The molecule has 0 bridgehead atoms. The number of carbonyl (C=O) groups excluding carboxylic acids is 2. The fourth-order valence-electron chi connectivity index (χ4n) is 3.59. The minimum atomic E-state index is -4.49. The number of nitrogens with zero attached hydrogens (tertiary/aromatic N) is 2. The van der Waals surface area contributed by atoms with Gasteiger partial charge in [0.2, 0.25) is 11.8 Å². The predicted molar refractivity (Wildman–Crippen MR) is 102 cm³/mol. The van der Waals surface area contributed by atoms with Crippen LogP contribution in [0.15, 0.2) is 48.8 Å². The van der Waals surface area contributed by atoms with Crippen LogP contribution in [0.4, 0.5) is 13.2 Å². The van der Waals surface area contributed by atoms with Gasteiger partial charge in [-0.3, -0.25) is 14.6 Å². The molecule has 2 atom stereocenters. The average molecular weight is 421 g/mol. The summed E-state index contributed by atoms with van der Waals surface area (Å²) in [7, 11) is 1.39. The molecule has 3 rings (SSSR count). The Labute approximate surface area is 172 Å². The number of alkyl halides is 3. The van der Waals surface area contributed by atoms with Gasteiger partial charge in [-0.05, 0) is 23.3 Å². The maximum atomic E-state index is 13.2. The molecule has 160 valence electrons. The molecule has 1 fully saturated rings. The molecular formula is C21H22F3N3O3. The normalized spacial score (nSPS) is 19.0. The number of rotatable bonds is 6. The zero-order valence-electron chi connectivity index (χ0n) is 16.4. The van der Waals surface area contributed by atoms with Crippen molar-refractivity contribution < 1.29 is 27.5 Å². The van der Waals surface area contributed by atoms with E-state index in [9.17, 15) is 22.8 Å². The van der Waals surface area contributed by atoms with Gasteiger partial charge < -0.3 is 15.0 Å². The molecule has 30 heavy (non-hydrogen) atoms. The molecule has 1 aromatic heterocycles. The van der Waals surface area contributed by atoms with E-state index < -0.39 is 23.6 Å². The first-order valence-corrected chi connectivity index (χ1v) is 9.40. The Morgan fingerprint density at radius 3 is 2.70 bits per heavy atom. The number of hydrogen-bond acceptors (Lipinski definition) is 4. The molecule has 6 nitrogen and oxygen atoms in total. The van der Waals surface area contributed by atoms with Gasteiger partial charge >= 0.3 is 6.18 Å². The Morgan fingerprint density at radius 2 is 2.03 bits per heavy atom. The number of nitrogens with one attached hydrogen (secondary N) is 1. The topological polar surface area (TPSA) is 71.5 Å². The Bertz CT molecular complexity index is 890. The standard InChI is InChI=1S/C21H22F3N3O3/c1-30-13-19(28)27-11-17(15-5-2-6-16(8-15)21(22,23)24)18(12-27)20(29)26-10-14-4-3-7-25-9-14/h2-9,17-18H,10-13H2,1H3,(H,26,29)/t17-,18+/m0/s1. The van der Waals surface area contributed by atoms with Gasteiger partial charge in [0, 0.05) is 45.1 Å². The minimum absolute atomic E-state index is 0.113. The molecule has 2 amide bonds. The molecule has 1 aromatic carbocycles. The molecule has 1 aliphatic rings. The maximum Gasteiger partial charge on any atom is 0.416 e. The van der Waals surface area contributed by atoms with Gasteiger partial charge in [-0.15, -0.1) is 0 Å². The van der Waals surface area contributed by atoms with Gasteiger partial charge in [0.1, 0.15) is 6.61 Å². The molecular weight excluding hydrogens is 399 g/mol. The molecule has 2 heterocycles. The third kappa shape index (κ3) is 5.15. The second-order valence-corrected chi connectivity index (χ2v) is 7.15. The lowest BCUT2D eigenvalue weighted by Gasteiger charge is -2.19. The molecule has 0 unspecified atom stereocenters. The third-order valence-corrected chi connectivity index (χ3v) is 5.11. The van der Waals surface area contributed by atoms with Gasteiger partial charge in [-0.1, -0.05) is 24.3 Å². The summed E-state index contributed by atoms with van der Waals surface area (Å²) in [6.45, 7) is 0.348. The van der Waals surface area contributed by atoms with Crippen molar-refractivity contribution >= 4 is 11.8 Å². The van der Waals surface area contributed by atoms with Gasteiger partial charge in [-0.2, -0.15) is 13.2 Å². The molecule has 1 saturated heterocycles. The van der Waals surface area contributed by atoms with Crippen LogP contribution in [0.25, 0.3) is 0 Å². The number of benzene rings is 1. The van der Waals surface area contributed by atoms with Crippen molar-refractivity contribution in [3.05, 3.63) is 65.5 Å². The van der Waals surface area contributed by atoms with Crippen LogP contribution in [0.3, 0.4) is 0 Å². The number of methoxy groups -OCH3 is 1. The van der Waals surface area contributed by atoms with Crippen molar-refractivity contribution in [2.45, 2.75) is 18.6 Å². The second-order valence-electron chi connectivity index (χ2n) is 7.15. The Hall–Kier alpha value is -2.94. The van der Waals surface area contributed by atoms with E-state index in [1.807, 2.05) is 0 Å². The van der Waals surface area contributed by atoms with Crippen molar-refractivity contribution in [1.29, 1.82) is 0 Å². The van der Waals surface area contributed by atoms with Crippen LogP contribution in [0.2, 0.25) is 0 Å². The number of aromatic nitrogens is 1. The molecule has 0 aliphatic carbocycles. The van der Waals surface area contributed by atoms with E-state index in [1.54, 1.807) is 30.6 Å². The van der Waals surface area contributed by atoms with Crippen LogP contribution >= 0.6 is 0 Å². The SMILES string of the molecule is COCC(=O)N1C[C@@H](C(=O)NCc2cccnc2)[C@H](c2cccc(C(F)(F)F)c2)C1. The molecule has 9 heteroatoms. The summed E-state index contributed by atoms with van der Waals surface area (Å²) < 4.78 is 44.3. The minimum Gasteiger partial charge on any atom is -0.375 e. The van der Waals surface area contributed by atoms with Crippen molar-refractivity contribution in [1.82, 2.24) is 15.2 Å². The highest BCUT2D eigenvalue weighted by molar-refractivity contribution is 5.83. The fraction of sp³-hybridized carbons (Fsp3) is 0.381. The monoisotopic (exact) mass is 421 g/mol. The van der Waals surface area contributed by atoms with E-state index in [4.69, 9.17) is 4.74 Å². The van der Waals surface area contributed by atoms with Crippen molar-refractivity contribution in [3.8, 4) is 0 Å². The van der Waals surface area contributed by atoms with Gasteiger partial charge in [0.25, 0.3) is 0 Å². The van der Waals surface area contributed by atoms with Crippen LogP contribution in [-0.4, -0.2) is 48.5 Å². The Morgan fingerprint density at radius 1 is 1.23 bits per heavy atom. The van der Waals surface area contributed by atoms with E-state index in [0.29, 0.717) is 5.56 Å². The number of likely N-dealkylation sites (tertiary alicyclic amines) is 1. The summed E-state index contributed by atoms with van der Waals surface area (Å²) in [6, 6.07) is 8.47. The van der Waals surface area contributed by atoms with Crippen molar-refractivity contribution in [2.24, 2.45) is 5.92 Å². The lowest BCUT2D eigenvalue weighted by Crippen LogP contribution is -2.36. The number of carbonyl (C=O) groups is 2. The summed E-state index contributed by atoms with van der Waals surface area (Å²) in [5.74, 6) is -1.86. The Kier molecular flexibility index (Phi) is 6.71. The van der Waals surface area contributed by atoms with E-state index in [0.717, 1.165) is 17.7 Å². The third-order valence-electron chi connectivity index (χ3n) is 5.11. The predicted octanol–water partition coefficient (Wildman–Crippen LogP) is 2.61. The van der Waals surface area contributed by atoms with Crippen LogP contribution in [-0.2, 0) is 27.0 Å². The van der Waals surface area contributed by atoms with Crippen LogP contribution in [0.1, 0.15) is 22.6 Å². The summed E-state index contributed by atoms with van der Waals surface area (Å²) >= 11 is 0. The molecule has 0 radical (unpaired) electrons. The number of amides is 2. The largest absolute Gasteiger partial charge is 0.416 e. The lowest BCUT2D eigenvalue weighted by atomic mass is 9.87. The van der Waals surface area contributed by atoms with Crippen molar-refractivity contribution in [2.75, 3.05) is 26.8 Å².